The molecule has 1 aromatic carbocycles. The lowest BCUT2D eigenvalue weighted by Gasteiger charge is -2.25. The molecule has 0 aliphatic carbocycles. The van der Waals surface area contributed by atoms with Crippen LogP contribution in [0.4, 0.5) is 5.95 Å². The molecule has 0 atom stereocenters. The topological polar surface area (TPSA) is 69.5 Å². The van der Waals surface area contributed by atoms with E-state index in [9.17, 15) is 4.79 Å². The molecule has 1 amide bonds. The average molecular weight is 302 g/mol. The minimum atomic E-state index is -0.0949. The second-order valence-electron chi connectivity index (χ2n) is 5.02. The van der Waals surface area contributed by atoms with E-state index in [2.05, 4.69) is 10.1 Å². The first-order chi connectivity index (χ1) is 10.8. The summed E-state index contributed by atoms with van der Waals surface area (Å²) < 4.78 is 12.4. The van der Waals surface area contributed by atoms with Gasteiger partial charge in [0.05, 0.1) is 13.7 Å². The molecule has 0 N–H and O–H groups in total. The zero-order valence-electron chi connectivity index (χ0n) is 12.4. The van der Waals surface area contributed by atoms with E-state index in [1.54, 1.807) is 16.7 Å². The number of nitrogens with zero attached hydrogens (tertiary/aromatic N) is 4. The number of rotatable bonds is 5. The molecule has 3 rings (SSSR count). The fourth-order valence-electron chi connectivity index (χ4n) is 2.40. The van der Waals surface area contributed by atoms with E-state index < -0.39 is 0 Å². The molecule has 7 nitrogen and oxygen atoms in total. The number of fused-ring (bicyclic) bond motifs is 1. The number of anilines is 1. The van der Waals surface area contributed by atoms with Crippen LogP contribution in [0.1, 0.15) is 12.0 Å². The second-order valence-corrected chi connectivity index (χ2v) is 5.02. The number of hydrogen-bond donors (Lipinski definition) is 0. The highest BCUT2D eigenvalue weighted by molar-refractivity contribution is 5.92. The molecule has 0 saturated heterocycles. The second kappa shape index (κ2) is 6.57. The van der Waals surface area contributed by atoms with Crippen LogP contribution in [0.15, 0.2) is 30.6 Å². The Balaban J connectivity index is 1.53. The molecule has 0 bridgehead atoms. The molecule has 1 aliphatic heterocycles. The zero-order chi connectivity index (χ0) is 15.4. The molecule has 0 unspecified atom stereocenters. The first-order valence-electron chi connectivity index (χ1n) is 7.17. The predicted octanol–water partition coefficient (Wildman–Crippen LogP) is 1.24. The molecule has 0 saturated carbocycles. The minimum Gasteiger partial charge on any atom is -0.497 e. The molecule has 1 aromatic heterocycles. The van der Waals surface area contributed by atoms with Crippen molar-refractivity contribution in [2.45, 2.75) is 19.6 Å². The maximum absolute atomic E-state index is 12.2. The van der Waals surface area contributed by atoms with Crippen LogP contribution in [0.3, 0.4) is 0 Å². The summed E-state index contributed by atoms with van der Waals surface area (Å²) in [7, 11) is 1.63. The molecule has 2 aromatic rings. The summed E-state index contributed by atoms with van der Waals surface area (Å²) in [6.45, 7) is 1.87. The summed E-state index contributed by atoms with van der Waals surface area (Å²) >= 11 is 0. The molecule has 0 spiro atoms. The molecular formula is C15H18N4O3. The van der Waals surface area contributed by atoms with Gasteiger partial charge in [-0.2, -0.15) is 10.1 Å². The van der Waals surface area contributed by atoms with E-state index in [1.807, 2.05) is 24.3 Å². The van der Waals surface area contributed by atoms with Crippen LogP contribution < -0.4 is 9.64 Å². The molecule has 22 heavy (non-hydrogen) atoms. The van der Waals surface area contributed by atoms with Gasteiger partial charge < -0.3 is 9.47 Å². The van der Waals surface area contributed by atoms with Gasteiger partial charge >= 0.3 is 0 Å². The highest BCUT2D eigenvalue weighted by atomic mass is 16.5. The molecule has 1 aliphatic rings. The van der Waals surface area contributed by atoms with Gasteiger partial charge in [0.1, 0.15) is 18.7 Å². The third kappa shape index (κ3) is 3.09. The van der Waals surface area contributed by atoms with Crippen molar-refractivity contribution in [2.24, 2.45) is 0 Å². The summed E-state index contributed by atoms with van der Waals surface area (Å²) in [5, 5.41) is 4.09. The summed E-state index contributed by atoms with van der Waals surface area (Å²) in [4.78, 5) is 18.0. The van der Waals surface area contributed by atoms with Gasteiger partial charge in [0.25, 0.3) is 5.91 Å². The van der Waals surface area contributed by atoms with Crippen LogP contribution in [-0.4, -0.2) is 40.9 Å². The van der Waals surface area contributed by atoms with Crippen molar-refractivity contribution in [3.63, 3.8) is 0 Å². The number of carbonyl (C=O) groups excluding carboxylic acids is 1. The molecule has 2 heterocycles. The third-order valence-electron chi connectivity index (χ3n) is 3.54. The summed E-state index contributed by atoms with van der Waals surface area (Å²) in [6, 6.07) is 7.57. The van der Waals surface area contributed by atoms with Crippen LogP contribution in [0.2, 0.25) is 0 Å². The van der Waals surface area contributed by atoms with Crippen LogP contribution in [-0.2, 0) is 22.7 Å². The first-order valence-corrected chi connectivity index (χ1v) is 7.17. The number of aryl methyl sites for hydroxylation is 1. The van der Waals surface area contributed by atoms with Crippen molar-refractivity contribution in [3.05, 3.63) is 36.2 Å². The summed E-state index contributed by atoms with van der Waals surface area (Å²) in [6.07, 6.45) is 2.35. The van der Waals surface area contributed by atoms with Gasteiger partial charge in [-0.25, -0.2) is 4.68 Å². The van der Waals surface area contributed by atoms with Gasteiger partial charge in [-0.05, 0) is 24.1 Å². The Morgan fingerprint density at radius 2 is 2.09 bits per heavy atom. The van der Waals surface area contributed by atoms with Gasteiger partial charge in [0.2, 0.25) is 5.95 Å². The number of carbonyl (C=O) groups is 1. The van der Waals surface area contributed by atoms with Crippen LogP contribution >= 0.6 is 0 Å². The number of amides is 1. The van der Waals surface area contributed by atoms with Crippen molar-refractivity contribution >= 4 is 11.9 Å². The lowest BCUT2D eigenvalue weighted by molar-refractivity contribution is -0.123. The maximum Gasteiger partial charge on any atom is 0.255 e. The Morgan fingerprint density at radius 1 is 1.27 bits per heavy atom. The highest BCUT2D eigenvalue weighted by Gasteiger charge is 2.24. The predicted molar refractivity (Wildman–Crippen MR) is 79.6 cm³/mol. The number of benzene rings is 1. The largest absolute Gasteiger partial charge is 0.497 e. The van der Waals surface area contributed by atoms with Crippen molar-refractivity contribution in [2.75, 3.05) is 25.2 Å². The van der Waals surface area contributed by atoms with E-state index in [0.717, 1.165) is 24.3 Å². The fourth-order valence-corrected chi connectivity index (χ4v) is 2.40. The fraction of sp³-hybridized carbons (Fsp3) is 0.400. The minimum absolute atomic E-state index is 0.0267. The number of hydrogen-bond acceptors (Lipinski definition) is 5. The lowest BCUT2D eigenvalue weighted by atomic mass is 10.2. The average Bonchev–Trinajstić information content (AvgIpc) is 3.04. The Bertz CT molecular complexity index is 638. The van der Waals surface area contributed by atoms with Crippen molar-refractivity contribution in [3.8, 4) is 5.75 Å². The molecular weight excluding hydrogens is 284 g/mol. The quantitative estimate of drug-likeness (QED) is 0.831. The van der Waals surface area contributed by atoms with E-state index in [4.69, 9.17) is 9.47 Å². The molecule has 0 radical (unpaired) electrons. The highest BCUT2D eigenvalue weighted by Crippen LogP contribution is 2.17. The number of methoxy groups -OCH3 is 1. The van der Waals surface area contributed by atoms with Crippen molar-refractivity contribution in [1.82, 2.24) is 14.8 Å². The SMILES string of the molecule is COc1ccc(COCC(=O)N2CCCn3ncnc32)cc1. The first kappa shape index (κ1) is 14.5. The van der Waals surface area contributed by atoms with Crippen LogP contribution in [0, 0.1) is 0 Å². The Kier molecular flexibility index (Phi) is 4.34. The van der Waals surface area contributed by atoms with Gasteiger partial charge in [-0.3, -0.25) is 9.69 Å². The Labute approximate surface area is 128 Å². The monoisotopic (exact) mass is 302 g/mol. The standard InChI is InChI=1S/C15H18N4O3/c1-21-13-5-3-12(4-6-13)9-22-10-14(20)18-7-2-8-19-15(18)16-11-17-19/h3-6,11H,2,7-10H2,1H3. The third-order valence-corrected chi connectivity index (χ3v) is 3.54. The van der Waals surface area contributed by atoms with E-state index in [0.29, 0.717) is 19.1 Å². The summed E-state index contributed by atoms with van der Waals surface area (Å²) in [5.74, 6) is 1.30. The Morgan fingerprint density at radius 3 is 2.86 bits per heavy atom. The van der Waals surface area contributed by atoms with Gasteiger partial charge in [-0.15, -0.1) is 0 Å². The molecule has 116 valence electrons. The van der Waals surface area contributed by atoms with Gasteiger partial charge in [0.15, 0.2) is 0 Å². The van der Waals surface area contributed by atoms with Gasteiger partial charge in [-0.1, -0.05) is 12.1 Å². The van der Waals surface area contributed by atoms with E-state index in [-0.39, 0.29) is 12.5 Å². The smallest absolute Gasteiger partial charge is 0.255 e. The number of ether oxygens (including phenoxy) is 2. The normalized spacial score (nSPS) is 13.8. The van der Waals surface area contributed by atoms with E-state index in [1.165, 1.54) is 6.33 Å². The van der Waals surface area contributed by atoms with Crippen LogP contribution in [0.25, 0.3) is 0 Å². The molecule has 7 heteroatoms. The molecule has 0 fully saturated rings. The summed E-state index contributed by atoms with van der Waals surface area (Å²) in [5.41, 5.74) is 0.996. The van der Waals surface area contributed by atoms with E-state index >= 15 is 0 Å². The van der Waals surface area contributed by atoms with Gasteiger partial charge in [0, 0.05) is 13.1 Å². The van der Waals surface area contributed by atoms with Crippen molar-refractivity contribution < 1.29 is 14.3 Å². The lowest BCUT2D eigenvalue weighted by Crippen LogP contribution is -2.40. The maximum atomic E-state index is 12.2. The van der Waals surface area contributed by atoms with Crippen LogP contribution in [0.5, 0.6) is 5.75 Å². The zero-order valence-corrected chi connectivity index (χ0v) is 12.4. The van der Waals surface area contributed by atoms with Crippen molar-refractivity contribution in [1.29, 1.82) is 0 Å². The Hall–Kier alpha value is -2.41. The number of aromatic nitrogens is 3.